The number of hydrogen-bond acceptors (Lipinski definition) is 4. The summed E-state index contributed by atoms with van der Waals surface area (Å²) in [6.45, 7) is 4.77. The monoisotopic (exact) mass is 527 g/mol. The Morgan fingerprint density at radius 3 is 2.33 bits per heavy atom. The standard InChI is InChI=1S/C25H26BrN3O3S/c1-19-8-10-24(11-9-19)33(31,32)29-14-12-28(13-15-29)18-20-4-2-5-21(16-20)25(30)27-23-7-3-6-22(26)17-23/h2-11,16-17H,12-15,18H2,1H3,(H,27,30). The molecule has 1 heterocycles. The maximum atomic E-state index is 12.9. The summed E-state index contributed by atoms with van der Waals surface area (Å²) in [5.74, 6) is -0.163. The third-order valence-electron chi connectivity index (χ3n) is 5.67. The van der Waals surface area contributed by atoms with Crippen LogP contribution in [0.15, 0.2) is 82.2 Å². The first kappa shape index (κ1) is 23.6. The Hall–Kier alpha value is -2.52. The van der Waals surface area contributed by atoms with Crippen molar-refractivity contribution in [2.24, 2.45) is 0 Å². The van der Waals surface area contributed by atoms with Crippen LogP contribution in [-0.2, 0) is 16.6 Å². The Kier molecular flexibility index (Phi) is 7.29. The number of aryl methyl sites for hydroxylation is 1. The van der Waals surface area contributed by atoms with Gasteiger partial charge in [0, 0.05) is 48.4 Å². The van der Waals surface area contributed by atoms with Gasteiger partial charge in [-0.2, -0.15) is 4.31 Å². The molecule has 0 saturated carbocycles. The summed E-state index contributed by atoms with van der Waals surface area (Å²) in [5.41, 5.74) is 3.37. The molecule has 1 N–H and O–H groups in total. The second kappa shape index (κ2) is 10.2. The molecule has 3 aromatic rings. The average Bonchev–Trinajstić information content (AvgIpc) is 2.80. The van der Waals surface area contributed by atoms with Crippen molar-refractivity contribution in [3.63, 3.8) is 0 Å². The minimum absolute atomic E-state index is 0.163. The van der Waals surface area contributed by atoms with Gasteiger partial charge in [-0.3, -0.25) is 9.69 Å². The molecule has 0 atom stereocenters. The summed E-state index contributed by atoms with van der Waals surface area (Å²) in [6.07, 6.45) is 0. The molecule has 1 aliphatic rings. The third-order valence-corrected chi connectivity index (χ3v) is 8.07. The summed E-state index contributed by atoms with van der Waals surface area (Å²) in [6, 6.07) is 22.0. The molecule has 172 valence electrons. The lowest BCUT2D eigenvalue weighted by molar-refractivity contribution is 0.102. The van der Waals surface area contributed by atoms with Crippen molar-refractivity contribution in [3.8, 4) is 0 Å². The van der Waals surface area contributed by atoms with Crippen LogP contribution in [0.2, 0.25) is 0 Å². The van der Waals surface area contributed by atoms with Crippen molar-refractivity contribution >= 4 is 37.5 Å². The second-order valence-corrected chi connectivity index (χ2v) is 11.0. The van der Waals surface area contributed by atoms with E-state index in [1.807, 2.05) is 61.5 Å². The molecule has 0 aromatic heterocycles. The van der Waals surface area contributed by atoms with Gasteiger partial charge in [-0.15, -0.1) is 0 Å². The van der Waals surface area contributed by atoms with Gasteiger partial charge in [-0.05, 0) is 55.0 Å². The fraction of sp³-hybridized carbons (Fsp3) is 0.240. The number of amides is 1. The maximum absolute atomic E-state index is 12.9. The van der Waals surface area contributed by atoms with Crippen LogP contribution in [0.4, 0.5) is 5.69 Å². The van der Waals surface area contributed by atoms with Crippen LogP contribution in [0.25, 0.3) is 0 Å². The zero-order chi connectivity index (χ0) is 23.4. The number of hydrogen-bond donors (Lipinski definition) is 1. The van der Waals surface area contributed by atoms with Crippen LogP contribution in [0.5, 0.6) is 0 Å². The van der Waals surface area contributed by atoms with Gasteiger partial charge < -0.3 is 5.32 Å². The lowest BCUT2D eigenvalue weighted by Gasteiger charge is -2.34. The topological polar surface area (TPSA) is 69.7 Å². The van der Waals surface area contributed by atoms with E-state index in [-0.39, 0.29) is 5.91 Å². The summed E-state index contributed by atoms with van der Waals surface area (Å²) in [4.78, 5) is 15.2. The molecule has 1 aliphatic heterocycles. The van der Waals surface area contributed by atoms with E-state index in [4.69, 9.17) is 0 Å². The zero-order valence-corrected chi connectivity index (χ0v) is 20.8. The van der Waals surface area contributed by atoms with E-state index in [0.717, 1.165) is 21.3 Å². The van der Waals surface area contributed by atoms with Gasteiger partial charge >= 0.3 is 0 Å². The summed E-state index contributed by atoms with van der Waals surface area (Å²) < 4.78 is 28.3. The molecule has 0 unspecified atom stereocenters. The number of sulfonamides is 1. The molecule has 0 bridgehead atoms. The van der Waals surface area contributed by atoms with E-state index in [1.165, 1.54) is 0 Å². The SMILES string of the molecule is Cc1ccc(S(=O)(=O)N2CCN(Cc3cccc(C(=O)Nc4cccc(Br)c4)c3)CC2)cc1. The Morgan fingerprint density at radius 1 is 0.939 bits per heavy atom. The summed E-state index contributed by atoms with van der Waals surface area (Å²) >= 11 is 3.41. The minimum atomic E-state index is -3.48. The molecule has 3 aromatic carbocycles. The Bertz CT molecular complexity index is 1240. The molecule has 0 spiro atoms. The second-order valence-electron chi connectivity index (χ2n) is 8.16. The normalized spacial score (nSPS) is 15.3. The molecule has 1 saturated heterocycles. The first-order valence-electron chi connectivity index (χ1n) is 10.8. The van der Waals surface area contributed by atoms with Crippen LogP contribution in [0.3, 0.4) is 0 Å². The van der Waals surface area contributed by atoms with Crippen molar-refractivity contribution in [2.75, 3.05) is 31.5 Å². The van der Waals surface area contributed by atoms with Crippen molar-refractivity contribution in [1.82, 2.24) is 9.21 Å². The highest BCUT2D eigenvalue weighted by Gasteiger charge is 2.28. The molecule has 8 heteroatoms. The largest absolute Gasteiger partial charge is 0.322 e. The van der Waals surface area contributed by atoms with Crippen LogP contribution in [0.1, 0.15) is 21.5 Å². The Balaban J connectivity index is 1.36. The van der Waals surface area contributed by atoms with Gasteiger partial charge in [0.2, 0.25) is 10.0 Å². The average molecular weight is 528 g/mol. The smallest absolute Gasteiger partial charge is 0.255 e. The van der Waals surface area contributed by atoms with E-state index in [2.05, 4.69) is 26.1 Å². The van der Waals surface area contributed by atoms with Gasteiger partial charge in [-0.1, -0.05) is 51.8 Å². The third kappa shape index (κ3) is 5.89. The lowest BCUT2D eigenvalue weighted by atomic mass is 10.1. The quantitative estimate of drug-likeness (QED) is 0.511. The van der Waals surface area contributed by atoms with Gasteiger partial charge in [0.05, 0.1) is 4.90 Å². The molecule has 4 rings (SSSR count). The first-order valence-corrected chi connectivity index (χ1v) is 13.0. The van der Waals surface area contributed by atoms with Gasteiger partial charge in [0.15, 0.2) is 0 Å². The lowest BCUT2D eigenvalue weighted by Crippen LogP contribution is -2.48. The highest BCUT2D eigenvalue weighted by molar-refractivity contribution is 9.10. The molecule has 33 heavy (non-hydrogen) atoms. The number of piperazine rings is 1. The number of carbonyl (C=O) groups is 1. The van der Waals surface area contributed by atoms with Crippen molar-refractivity contribution in [2.45, 2.75) is 18.4 Å². The number of benzene rings is 3. The number of halogens is 1. The van der Waals surface area contributed by atoms with Gasteiger partial charge in [0.1, 0.15) is 0 Å². The molecule has 0 radical (unpaired) electrons. The minimum Gasteiger partial charge on any atom is -0.322 e. The number of nitrogens with zero attached hydrogens (tertiary/aromatic N) is 2. The predicted octanol–water partition coefficient (Wildman–Crippen LogP) is 4.52. The highest BCUT2D eigenvalue weighted by Crippen LogP contribution is 2.20. The van der Waals surface area contributed by atoms with E-state index in [0.29, 0.717) is 43.2 Å². The predicted molar refractivity (Wildman–Crippen MR) is 134 cm³/mol. The molecular formula is C25H26BrN3O3S. The molecule has 0 aliphatic carbocycles. The molecular weight excluding hydrogens is 502 g/mol. The number of anilines is 1. The fourth-order valence-electron chi connectivity index (χ4n) is 3.83. The van der Waals surface area contributed by atoms with E-state index in [1.54, 1.807) is 22.5 Å². The number of nitrogens with one attached hydrogen (secondary N) is 1. The Labute approximate surface area is 203 Å². The van der Waals surface area contributed by atoms with Gasteiger partial charge in [-0.25, -0.2) is 8.42 Å². The first-order chi connectivity index (χ1) is 15.8. The molecule has 1 amide bonds. The van der Waals surface area contributed by atoms with Gasteiger partial charge in [0.25, 0.3) is 5.91 Å². The summed E-state index contributed by atoms with van der Waals surface area (Å²) in [5, 5.41) is 2.92. The van der Waals surface area contributed by atoms with E-state index < -0.39 is 10.0 Å². The maximum Gasteiger partial charge on any atom is 0.255 e. The zero-order valence-electron chi connectivity index (χ0n) is 18.4. The fourth-order valence-corrected chi connectivity index (χ4v) is 5.65. The van der Waals surface area contributed by atoms with Crippen molar-refractivity contribution < 1.29 is 13.2 Å². The van der Waals surface area contributed by atoms with Crippen LogP contribution >= 0.6 is 15.9 Å². The molecule has 6 nitrogen and oxygen atoms in total. The number of carbonyl (C=O) groups excluding carboxylic acids is 1. The molecule has 1 fully saturated rings. The van der Waals surface area contributed by atoms with E-state index in [9.17, 15) is 13.2 Å². The highest BCUT2D eigenvalue weighted by atomic mass is 79.9. The van der Waals surface area contributed by atoms with Crippen molar-refractivity contribution in [1.29, 1.82) is 0 Å². The van der Waals surface area contributed by atoms with Crippen LogP contribution in [0, 0.1) is 6.92 Å². The Morgan fingerprint density at radius 2 is 1.64 bits per heavy atom. The van der Waals surface area contributed by atoms with Crippen LogP contribution in [-0.4, -0.2) is 49.7 Å². The number of rotatable bonds is 6. The van der Waals surface area contributed by atoms with Crippen LogP contribution < -0.4 is 5.32 Å². The van der Waals surface area contributed by atoms with Crippen molar-refractivity contribution in [3.05, 3.63) is 94.0 Å². The van der Waals surface area contributed by atoms with E-state index >= 15 is 0 Å². The summed E-state index contributed by atoms with van der Waals surface area (Å²) in [7, 11) is -3.48.